The van der Waals surface area contributed by atoms with Gasteiger partial charge in [-0.05, 0) is 12.1 Å². The highest BCUT2D eigenvalue weighted by molar-refractivity contribution is 7.99. The van der Waals surface area contributed by atoms with E-state index in [1.165, 1.54) is 6.20 Å². The lowest BCUT2D eigenvalue weighted by molar-refractivity contribution is 0.571. The zero-order chi connectivity index (χ0) is 16.8. The fourth-order valence-electron chi connectivity index (χ4n) is 1.81. The molecule has 0 amide bonds. The second-order valence-corrected chi connectivity index (χ2v) is 6.00. The molecule has 0 saturated heterocycles. The van der Waals surface area contributed by atoms with E-state index in [0.29, 0.717) is 18.3 Å². The first-order valence-corrected chi connectivity index (χ1v) is 8.23. The molecule has 0 atom stereocenters. The number of benzene rings is 1. The Labute approximate surface area is 141 Å². The standard InChI is InChI=1S/C15H14ClF2N3OS/c1-2-6-23-7-5-19-12-9-20-21(15(22)14(12)16)13-4-3-10(17)8-11(13)18/h2-4,8-9,19H,1,5-7H2. The van der Waals surface area contributed by atoms with E-state index in [4.69, 9.17) is 11.6 Å². The van der Waals surface area contributed by atoms with Crippen molar-refractivity contribution < 1.29 is 8.78 Å². The molecule has 0 aliphatic heterocycles. The number of hydrogen-bond donors (Lipinski definition) is 1. The van der Waals surface area contributed by atoms with Crippen molar-refractivity contribution in [2.75, 3.05) is 23.4 Å². The SMILES string of the molecule is C=CCSCCNc1cnn(-c2ccc(F)cc2F)c(=O)c1Cl. The van der Waals surface area contributed by atoms with Gasteiger partial charge in [-0.25, -0.2) is 8.78 Å². The minimum absolute atomic E-state index is 0.0996. The summed E-state index contributed by atoms with van der Waals surface area (Å²) in [6.45, 7) is 4.21. The lowest BCUT2D eigenvalue weighted by atomic mass is 10.3. The van der Waals surface area contributed by atoms with E-state index in [0.717, 1.165) is 28.3 Å². The summed E-state index contributed by atoms with van der Waals surface area (Å²) in [6.07, 6.45) is 3.14. The highest BCUT2D eigenvalue weighted by Gasteiger charge is 2.13. The third-order valence-electron chi connectivity index (χ3n) is 2.85. The van der Waals surface area contributed by atoms with Crippen LogP contribution >= 0.6 is 23.4 Å². The molecule has 1 aromatic carbocycles. The molecular weight excluding hydrogens is 344 g/mol. The highest BCUT2D eigenvalue weighted by Crippen LogP contribution is 2.18. The first-order valence-electron chi connectivity index (χ1n) is 6.70. The third kappa shape index (κ3) is 4.33. The van der Waals surface area contributed by atoms with Gasteiger partial charge in [0.25, 0.3) is 5.56 Å². The number of nitrogens with one attached hydrogen (secondary N) is 1. The van der Waals surface area contributed by atoms with Crippen LogP contribution in [0.15, 0.2) is 41.8 Å². The molecule has 0 bridgehead atoms. The van der Waals surface area contributed by atoms with Crippen molar-refractivity contribution in [3.8, 4) is 5.69 Å². The van der Waals surface area contributed by atoms with Gasteiger partial charge in [-0.2, -0.15) is 21.5 Å². The van der Waals surface area contributed by atoms with Crippen molar-refractivity contribution in [2.24, 2.45) is 0 Å². The molecule has 2 rings (SSSR count). The highest BCUT2D eigenvalue weighted by atomic mass is 35.5. The number of thioether (sulfide) groups is 1. The van der Waals surface area contributed by atoms with Crippen molar-refractivity contribution in [3.63, 3.8) is 0 Å². The molecule has 0 unspecified atom stereocenters. The molecule has 23 heavy (non-hydrogen) atoms. The molecule has 1 N–H and O–H groups in total. The summed E-state index contributed by atoms with van der Waals surface area (Å²) in [5, 5.41) is 6.79. The van der Waals surface area contributed by atoms with E-state index in [9.17, 15) is 13.6 Å². The van der Waals surface area contributed by atoms with Gasteiger partial charge in [-0.1, -0.05) is 17.7 Å². The molecule has 4 nitrogen and oxygen atoms in total. The Morgan fingerprint density at radius 3 is 2.91 bits per heavy atom. The summed E-state index contributed by atoms with van der Waals surface area (Å²) in [5.41, 5.74) is -0.470. The molecule has 1 aromatic heterocycles. The normalized spacial score (nSPS) is 10.6. The van der Waals surface area contributed by atoms with E-state index < -0.39 is 17.2 Å². The van der Waals surface area contributed by atoms with Crippen molar-refractivity contribution in [3.05, 3.63) is 64.1 Å². The van der Waals surface area contributed by atoms with Crippen molar-refractivity contribution in [2.45, 2.75) is 0 Å². The number of halogens is 3. The van der Waals surface area contributed by atoms with Gasteiger partial charge in [0.15, 0.2) is 5.82 Å². The molecule has 0 radical (unpaired) electrons. The third-order valence-corrected chi connectivity index (χ3v) is 4.18. The second kappa shape index (κ2) is 8.12. The molecule has 122 valence electrons. The van der Waals surface area contributed by atoms with Crippen LogP contribution in [0.3, 0.4) is 0 Å². The van der Waals surface area contributed by atoms with E-state index >= 15 is 0 Å². The summed E-state index contributed by atoms with van der Waals surface area (Å²) in [7, 11) is 0. The van der Waals surface area contributed by atoms with Crippen LogP contribution in [0, 0.1) is 11.6 Å². The molecule has 0 aliphatic rings. The zero-order valence-electron chi connectivity index (χ0n) is 12.1. The molecular formula is C15H14ClF2N3OS. The van der Waals surface area contributed by atoms with Gasteiger partial charge in [0.1, 0.15) is 16.5 Å². The van der Waals surface area contributed by atoms with Crippen LogP contribution in [0.2, 0.25) is 5.02 Å². The number of rotatable bonds is 7. The maximum atomic E-state index is 13.8. The predicted octanol–water partition coefficient (Wildman–Crippen LogP) is 3.50. The predicted molar refractivity (Wildman–Crippen MR) is 90.8 cm³/mol. The molecule has 0 saturated carbocycles. The first kappa shape index (κ1) is 17.5. The van der Waals surface area contributed by atoms with Crippen LogP contribution in [0.1, 0.15) is 0 Å². The minimum atomic E-state index is -0.891. The van der Waals surface area contributed by atoms with Crippen LogP contribution in [0.5, 0.6) is 0 Å². The average Bonchev–Trinajstić information content (AvgIpc) is 2.52. The fourth-order valence-corrected chi connectivity index (χ4v) is 2.58. The van der Waals surface area contributed by atoms with Gasteiger partial charge in [0.05, 0.1) is 11.9 Å². The number of anilines is 1. The lowest BCUT2D eigenvalue weighted by Crippen LogP contribution is -2.24. The molecule has 0 spiro atoms. The van der Waals surface area contributed by atoms with Crippen molar-refractivity contribution >= 4 is 29.1 Å². The van der Waals surface area contributed by atoms with Gasteiger partial charge < -0.3 is 5.32 Å². The van der Waals surface area contributed by atoms with Crippen LogP contribution in [0.25, 0.3) is 5.69 Å². The van der Waals surface area contributed by atoms with Crippen molar-refractivity contribution in [1.29, 1.82) is 0 Å². The quantitative estimate of drug-likeness (QED) is 0.608. The molecule has 2 aromatic rings. The monoisotopic (exact) mass is 357 g/mol. The fraction of sp³-hybridized carbons (Fsp3) is 0.200. The Hall–Kier alpha value is -1.86. The molecule has 1 heterocycles. The van der Waals surface area contributed by atoms with E-state index in [1.807, 2.05) is 0 Å². The van der Waals surface area contributed by atoms with Gasteiger partial charge >= 0.3 is 0 Å². The summed E-state index contributed by atoms with van der Waals surface area (Å²) >= 11 is 7.69. The van der Waals surface area contributed by atoms with Gasteiger partial charge in [-0.3, -0.25) is 4.79 Å². The molecule has 0 fully saturated rings. The van der Waals surface area contributed by atoms with Crippen LogP contribution in [0.4, 0.5) is 14.5 Å². The van der Waals surface area contributed by atoms with Crippen LogP contribution in [-0.2, 0) is 0 Å². The zero-order valence-corrected chi connectivity index (χ0v) is 13.6. The molecule has 8 heteroatoms. The summed E-state index contributed by atoms with van der Waals surface area (Å²) in [5.74, 6) is 0.00910. The Balaban J connectivity index is 2.20. The number of hydrogen-bond acceptors (Lipinski definition) is 4. The maximum Gasteiger partial charge on any atom is 0.292 e. The van der Waals surface area contributed by atoms with Crippen LogP contribution < -0.4 is 10.9 Å². The van der Waals surface area contributed by atoms with E-state index in [2.05, 4.69) is 17.0 Å². The van der Waals surface area contributed by atoms with Gasteiger partial charge in [-0.15, -0.1) is 6.58 Å². The first-order chi connectivity index (χ1) is 11.0. The van der Waals surface area contributed by atoms with Gasteiger partial charge in [0, 0.05) is 24.1 Å². The summed E-state index contributed by atoms with van der Waals surface area (Å²) < 4.78 is 27.5. The summed E-state index contributed by atoms with van der Waals surface area (Å²) in [6, 6.07) is 2.86. The molecule has 0 aliphatic carbocycles. The van der Waals surface area contributed by atoms with E-state index in [-0.39, 0.29) is 10.7 Å². The number of aromatic nitrogens is 2. The van der Waals surface area contributed by atoms with Crippen LogP contribution in [-0.4, -0.2) is 27.8 Å². The Kier molecular flexibility index (Phi) is 6.18. The second-order valence-electron chi connectivity index (χ2n) is 4.48. The smallest absolute Gasteiger partial charge is 0.292 e. The minimum Gasteiger partial charge on any atom is -0.382 e. The average molecular weight is 358 g/mol. The Morgan fingerprint density at radius 1 is 1.43 bits per heavy atom. The maximum absolute atomic E-state index is 13.8. The number of nitrogens with zero attached hydrogens (tertiary/aromatic N) is 2. The topological polar surface area (TPSA) is 46.9 Å². The lowest BCUT2D eigenvalue weighted by Gasteiger charge is -2.10. The summed E-state index contributed by atoms with van der Waals surface area (Å²) in [4.78, 5) is 12.2. The largest absolute Gasteiger partial charge is 0.382 e. The van der Waals surface area contributed by atoms with Crippen molar-refractivity contribution in [1.82, 2.24) is 9.78 Å². The Morgan fingerprint density at radius 2 is 2.22 bits per heavy atom. The van der Waals surface area contributed by atoms with E-state index in [1.54, 1.807) is 17.8 Å². The van der Waals surface area contributed by atoms with Gasteiger partial charge in [0.2, 0.25) is 0 Å². The Bertz CT molecular complexity index is 767.